The maximum Gasteiger partial charge on any atom is 0.326 e. The van der Waals surface area contributed by atoms with E-state index in [0.717, 1.165) is 32.1 Å². The summed E-state index contributed by atoms with van der Waals surface area (Å²) in [6.07, 6.45) is 7.77. The highest BCUT2D eigenvalue weighted by Gasteiger charge is 2.27. The lowest BCUT2D eigenvalue weighted by Crippen LogP contribution is -2.55. The quantitative estimate of drug-likeness (QED) is 0.199. The SMILES string of the molecule is CC(C)CCNNC(=O)C(CC1CCCCC1)NC(=O)NC(CCCN)C(=O)O. The number of carboxylic acids is 1. The number of urea groups is 1. The minimum atomic E-state index is -1.11. The smallest absolute Gasteiger partial charge is 0.326 e. The molecule has 9 nitrogen and oxygen atoms in total. The lowest BCUT2D eigenvalue weighted by molar-refractivity contribution is -0.139. The fourth-order valence-corrected chi connectivity index (χ4v) is 3.52. The molecule has 1 aliphatic carbocycles. The third-order valence-corrected chi connectivity index (χ3v) is 5.27. The molecule has 7 N–H and O–H groups in total. The highest BCUT2D eigenvalue weighted by Crippen LogP contribution is 2.27. The van der Waals surface area contributed by atoms with E-state index in [-0.39, 0.29) is 12.3 Å². The maximum absolute atomic E-state index is 12.6. The third kappa shape index (κ3) is 11.0. The first-order valence-electron chi connectivity index (χ1n) is 10.9. The average molecular weight is 414 g/mol. The molecule has 0 aromatic rings. The van der Waals surface area contributed by atoms with Gasteiger partial charge in [-0.05, 0) is 44.1 Å². The van der Waals surface area contributed by atoms with Crippen LogP contribution >= 0.6 is 0 Å². The van der Waals surface area contributed by atoms with Crippen LogP contribution in [0.25, 0.3) is 0 Å². The van der Waals surface area contributed by atoms with Crippen LogP contribution in [0.1, 0.15) is 71.6 Å². The van der Waals surface area contributed by atoms with Crippen molar-refractivity contribution in [2.45, 2.75) is 83.7 Å². The molecule has 0 aromatic heterocycles. The molecule has 1 fully saturated rings. The van der Waals surface area contributed by atoms with Crippen molar-refractivity contribution >= 4 is 17.9 Å². The highest BCUT2D eigenvalue weighted by atomic mass is 16.4. The van der Waals surface area contributed by atoms with Crippen molar-refractivity contribution in [2.75, 3.05) is 13.1 Å². The van der Waals surface area contributed by atoms with Gasteiger partial charge in [0.25, 0.3) is 5.91 Å². The number of aliphatic carboxylic acids is 1. The van der Waals surface area contributed by atoms with Gasteiger partial charge in [-0.15, -0.1) is 0 Å². The molecule has 0 bridgehead atoms. The Morgan fingerprint density at radius 3 is 2.28 bits per heavy atom. The van der Waals surface area contributed by atoms with E-state index >= 15 is 0 Å². The van der Waals surface area contributed by atoms with Crippen LogP contribution in [-0.2, 0) is 9.59 Å². The van der Waals surface area contributed by atoms with E-state index in [2.05, 4.69) is 35.3 Å². The van der Waals surface area contributed by atoms with E-state index in [0.29, 0.717) is 37.8 Å². The molecule has 3 amide bonds. The molecule has 0 aliphatic heterocycles. The Bertz CT molecular complexity index is 509. The summed E-state index contributed by atoms with van der Waals surface area (Å²) in [5.41, 5.74) is 11.0. The molecular formula is C20H39N5O4. The Hall–Kier alpha value is -1.87. The van der Waals surface area contributed by atoms with Crippen molar-refractivity contribution in [2.24, 2.45) is 17.6 Å². The summed E-state index contributed by atoms with van der Waals surface area (Å²) >= 11 is 0. The summed E-state index contributed by atoms with van der Waals surface area (Å²) in [4.78, 5) is 36.4. The van der Waals surface area contributed by atoms with Crippen molar-refractivity contribution < 1.29 is 19.5 Å². The van der Waals surface area contributed by atoms with E-state index in [1.807, 2.05) is 0 Å². The van der Waals surface area contributed by atoms with Crippen LogP contribution < -0.4 is 27.2 Å². The number of hydrogen-bond acceptors (Lipinski definition) is 5. The van der Waals surface area contributed by atoms with Crippen molar-refractivity contribution in [3.05, 3.63) is 0 Å². The van der Waals surface area contributed by atoms with Crippen molar-refractivity contribution in [1.82, 2.24) is 21.5 Å². The molecule has 2 unspecified atom stereocenters. The normalized spacial score (nSPS) is 16.8. The first kappa shape index (κ1) is 25.2. The average Bonchev–Trinajstić information content (AvgIpc) is 2.68. The van der Waals surface area contributed by atoms with Crippen LogP contribution in [0.5, 0.6) is 0 Å². The standard InChI is InChI=1S/C20H39N5O4/c1-14(2)10-12-22-25-18(26)17(13-15-7-4-3-5-8-15)24-20(29)23-16(19(27)28)9-6-11-21/h14-17,22H,3-13,21H2,1-2H3,(H,25,26)(H,27,28)(H2,23,24,29). The van der Waals surface area contributed by atoms with Crippen LogP contribution in [0.15, 0.2) is 0 Å². The summed E-state index contributed by atoms with van der Waals surface area (Å²) in [6, 6.07) is -2.39. The van der Waals surface area contributed by atoms with Gasteiger partial charge in [-0.1, -0.05) is 46.0 Å². The summed E-state index contributed by atoms with van der Waals surface area (Å²) in [5, 5.41) is 14.4. The predicted molar refractivity (Wildman–Crippen MR) is 112 cm³/mol. The second kappa shape index (κ2) is 14.2. The van der Waals surface area contributed by atoms with E-state index in [9.17, 15) is 19.5 Å². The summed E-state index contributed by atoms with van der Waals surface area (Å²) in [5.74, 6) is -0.522. The molecule has 168 valence electrons. The van der Waals surface area contributed by atoms with Gasteiger partial charge in [0.05, 0.1) is 0 Å². The van der Waals surface area contributed by atoms with Gasteiger partial charge in [0.2, 0.25) is 0 Å². The van der Waals surface area contributed by atoms with Crippen LogP contribution in [0.4, 0.5) is 4.79 Å². The minimum Gasteiger partial charge on any atom is -0.480 e. The topological polar surface area (TPSA) is 146 Å². The summed E-state index contributed by atoms with van der Waals surface area (Å²) in [7, 11) is 0. The Morgan fingerprint density at radius 1 is 1.03 bits per heavy atom. The number of nitrogens with two attached hydrogens (primary N) is 1. The van der Waals surface area contributed by atoms with Gasteiger partial charge in [-0.3, -0.25) is 10.2 Å². The van der Waals surface area contributed by atoms with Gasteiger partial charge in [0, 0.05) is 6.54 Å². The number of nitrogens with one attached hydrogen (secondary N) is 4. The summed E-state index contributed by atoms with van der Waals surface area (Å²) < 4.78 is 0. The fraction of sp³-hybridized carbons (Fsp3) is 0.850. The number of hydrazine groups is 1. The Labute approximate surface area is 173 Å². The van der Waals surface area contributed by atoms with E-state index in [1.165, 1.54) is 6.42 Å². The number of carboxylic acid groups (broad SMARTS) is 1. The molecule has 29 heavy (non-hydrogen) atoms. The number of carbonyl (C=O) groups is 3. The van der Waals surface area contributed by atoms with Crippen molar-refractivity contribution in [3.8, 4) is 0 Å². The molecule has 0 saturated heterocycles. The first-order valence-corrected chi connectivity index (χ1v) is 10.9. The lowest BCUT2D eigenvalue weighted by atomic mass is 9.84. The predicted octanol–water partition coefficient (Wildman–Crippen LogP) is 1.48. The largest absolute Gasteiger partial charge is 0.480 e. The van der Waals surface area contributed by atoms with Gasteiger partial charge < -0.3 is 21.5 Å². The van der Waals surface area contributed by atoms with Crippen molar-refractivity contribution in [3.63, 3.8) is 0 Å². The molecule has 0 radical (unpaired) electrons. The van der Waals surface area contributed by atoms with Crippen LogP contribution in [0, 0.1) is 11.8 Å². The van der Waals surface area contributed by atoms with Gasteiger partial charge >= 0.3 is 12.0 Å². The Kier molecular flexibility index (Phi) is 12.3. The third-order valence-electron chi connectivity index (χ3n) is 5.27. The number of hydrogen-bond donors (Lipinski definition) is 6. The molecule has 0 spiro atoms. The van der Waals surface area contributed by atoms with E-state index in [4.69, 9.17) is 5.73 Å². The zero-order valence-corrected chi connectivity index (χ0v) is 17.8. The number of carbonyl (C=O) groups excluding carboxylic acids is 2. The molecule has 0 heterocycles. The van der Waals surface area contributed by atoms with E-state index < -0.39 is 24.1 Å². The molecule has 2 atom stereocenters. The van der Waals surface area contributed by atoms with Gasteiger partial charge in [0.1, 0.15) is 12.1 Å². The first-order chi connectivity index (χ1) is 13.8. The molecule has 9 heteroatoms. The number of amides is 3. The van der Waals surface area contributed by atoms with Gasteiger partial charge in [-0.25, -0.2) is 15.0 Å². The van der Waals surface area contributed by atoms with Crippen LogP contribution in [-0.4, -0.2) is 48.2 Å². The molecule has 1 rings (SSSR count). The Balaban J connectivity index is 2.64. The fourth-order valence-electron chi connectivity index (χ4n) is 3.52. The Morgan fingerprint density at radius 2 is 1.69 bits per heavy atom. The molecule has 0 aromatic carbocycles. The zero-order chi connectivity index (χ0) is 21.6. The summed E-state index contributed by atoms with van der Waals surface area (Å²) in [6.45, 7) is 5.20. The number of rotatable bonds is 13. The second-order valence-corrected chi connectivity index (χ2v) is 8.33. The highest BCUT2D eigenvalue weighted by molar-refractivity contribution is 5.88. The lowest BCUT2D eigenvalue weighted by Gasteiger charge is -2.27. The monoisotopic (exact) mass is 413 g/mol. The van der Waals surface area contributed by atoms with Gasteiger partial charge in [0.15, 0.2) is 0 Å². The second-order valence-electron chi connectivity index (χ2n) is 8.33. The zero-order valence-electron chi connectivity index (χ0n) is 17.8. The van der Waals surface area contributed by atoms with Crippen molar-refractivity contribution in [1.29, 1.82) is 0 Å². The maximum atomic E-state index is 12.6. The molecule has 1 saturated carbocycles. The molecular weight excluding hydrogens is 374 g/mol. The van der Waals surface area contributed by atoms with Gasteiger partial charge in [-0.2, -0.15) is 0 Å². The van der Waals surface area contributed by atoms with Crippen LogP contribution in [0.2, 0.25) is 0 Å². The van der Waals surface area contributed by atoms with Crippen LogP contribution in [0.3, 0.4) is 0 Å². The minimum absolute atomic E-state index is 0.246. The molecule has 1 aliphatic rings. The van der Waals surface area contributed by atoms with E-state index in [1.54, 1.807) is 0 Å².